The summed E-state index contributed by atoms with van der Waals surface area (Å²) in [4.78, 5) is 23.1. The normalized spacial score (nSPS) is 10.1. The summed E-state index contributed by atoms with van der Waals surface area (Å²) >= 11 is 0. The molecular weight excluding hydrogens is 428 g/mol. The summed E-state index contributed by atoms with van der Waals surface area (Å²) < 4.78 is 10.2. The number of ether oxygens (including phenoxy) is 2. The van der Waals surface area contributed by atoms with Gasteiger partial charge in [0.05, 0.1) is 0 Å². The Bertz CT molecular complexity index is 1200. The molecule has 0 aliphatic carbocycles. The molecule has 0 aliphatic rings. The first-order valence-corrected chi connectivity index (χ1v) is 10.6. The zero-order chi connectivity index (χ0) is 24.0. The molecule has 0 spiro atoms. The molecule has 34 heavy (non-hydrogen) atoms. The lowest BCUT2D eigenvalue weighted by atomic mass is 10.2. The molecule has 0 bridgehead atoms. The van der Waals surface area contributed by atoms with Crippen LogP contribution in [0, 0.1) is 0 Å². The van der Waals surface area contributed by atoms with E-state index in [1.807, 2.05) is 66.7 Å². The zero-order valence-corrected chi connectivity index (χ0v) is 18.4. The Labute approximate surface area is 198 Å². The van der Waals surface area contributed by atoms with Gasteiger partial charge in [-0.1, -0.05) is 91.0 Å². The lowest BCUT2D eigenvalue weighted by Crippen LogP contribution is -2.08. The van der Waals surface area contributed by atoms with Crippen molar-refractivity contribution < 1.29 is 24.2 Å². The van der Waals surface area contributed by atoms with E-state index in [9.17, 15) is 14.7 Å². The van der Waals surface area contributed by atoms with Crippen molar-refractivity contribution in [3.8, 4) is 11.5 Å². The summed E-state index contributed by atoms with van der Waals surface area (Å²) in [6, 6.07) is 34.3. The molecule has 5 nitrogen and oxygen atoms in total. The molecule has 170 valence electrons. The highest BCUT2D eigenvalue weighted by molar-refractivity contribution is 5.93. The zero-order valence-electron chi connectivity index (χ0n) is 18.4. The van der Waals surface area contributed by atoms with Crippen LogP contribution in [0.15, 0.2) is 121 Å². The van der Waals surface area contributed by atoms with Gasteiger partial charge in [-0.3, -0.25) is 0 Å². The number of hydrogen-bond acceptors (Lipinski definition) is 5. The van der Waals surface area contributed by atoms with Crippen molar-refractivity contribution in [3.63, 3.8) is 0 Å². The van der Waals surface area contributed by atoms with Crippen LogP contribution in [0.5, 0.6) is 11.5 Å². The minimum absolute atomic E-state index is 0.0802. The van der Waals surface area contributed by atoms with Gasteiger partial charge in [-0.05, 0) is 41.5 Å². The van der Waals surface area contributed by atoms with Crippen molar-refractivity contribution in [2.24, 2.45) is 0 Å². The van der Waals surface area contributed by atoms with Crippen LogP contribution in [0.1, 0.15) is 21.5 Å². The van der Waals surface area contributed by atoms with Gasteiger partial charge in [0.15, 0.2) is 0 Å². The molecule has 0 amide bonds. The van der Waals surface area contributed by atoms with E-state index in [4.69, 9.17) is 9.47 Å². The average molecular weight is 453 g/mol. The van der Waals surface area contributed by atoms with Crippen LogP contribution in [0.2, 0.25) is 0 Å². The molecular formula is C29H24O5. The molecule has 0 fully saturated rings. The Kier molecular flexibility index (Phi) is 9.20. The van der Waals surface area contributed by atoms with Gasteiger partial charge in [0.2, 0.25) is 0 Å². The molecule has 0 aromatic heterocycles. The maximum atomic E-state index is 11.7. The predicted molar refractivity (Wildman–Crippen MR) is 131 cm³/mol. The lowest BCUT2D eigenvalue weighted by Gasteiger charge is -2.04. The molecule has 4 aromatic rings. The highest BCUT2D eigenvalue weighted by Gasteiger charge is 2.12. The second kappa shape index (κ2) is 13.0. The van der Waals surface area contributed by atoms with Crippen LogP contribution >= 0.6 is 0 Å². The third kappa shape index (κ3) is 8.13. The van der Waals surface area contributed by atoms with E-state index in [2.05, 4.69) is 0 Å². The van der Waals surface area contributed by atoms with E-state index < -0.39 is 5.97 Å². The maximum Gasteiger partial charge on any atom is 0.347 e. The van der Waals surface area contributed by atoms with Crippen molar-refractivity contribution in [2.75, 3.05) is 0 Å². The summed E-state index contributed by atoms with van der Waals surface area (Å²) in [5.41, 5.74) is 2.12. The van der Waals surface area contributed by atoms with Gasteiger partial charge < -0.3 is 14.6 Å². The van der Waals surface area contributed by atoms with Gasteiger partial charge >= 0.3 is 11.9 Å². The van der Waals surface area contributed by atoms with Crippen LogP contribution in [0.3, 0.4) is 0 Å². The third-order valence-corrected chi connectivity index (χ3v) is 4.51. The largest absolute Gasteiger partial charge is 0.507 e. The Morgan fingerprint density at radius 2 is 1.26 bits per heavy atom. The lowest BCUT2D eigenvalue weighted by molar-refractivity contribution is -0.138. The minimum Gasteiger partial charge on any atom is -0.507 e. The number of carbonyl (C=O) groups excluding carboxylic acids is 2. The second-order valence-electron chi connectivity index (χ2n) is 7.06. The second-order valence-corrected chi connectivity index (χ2v) is 7.06. The fourth-order valence-corrected chi connectivity index (χ4v) is 2.80. The molecule has 4 aromatic carbocycles. The number of benzene rings is 4. The molecule has 4 rings (SSSR count). The van der Waals surface area contributed by atoms with Gasteiger partial charge in [0.25, 0.3) is 0 Å². The molecule has 0 atom stereocenters. The van der Waals surface area contributed by atoms with Gasteiger partial charge in [-0.15, -0.1) is 0 Å². The van der Waals surface area contributed by atoms with E-state index in [0.29, 0.717) is 12.4 Å². The van der Waals surface area contributed by atoms with Crippen LogP contribution in [-0.2, 0) is 16.1 Å². The van der Waals surface area contributed by atoms with E-state index in [1.165, 1.54) is 18.2 Å². The number of rotatable bonds is 6. The summed E-state index contributed by atoms with van der Waals surface area (Å²) in [5.74, 6) is -0.522. The summed E-state index contributed by atoms with van der Waals surface area (Å²) in [5, 5.41) is 9.46. The fraction of sp³-hybridized carbons (Fsp3) is 0.0345. The quantitative estimate of drug-likeness (QED) is 0.219. The van der Waals surface area contributed by atoms with Crippen LogP contribution in [0.4, 0.5) is 0 Å². The molecule has 1 N–H and O–H groups in total. The van der Waals surface area contributed by atoms with Gasteiger partial charge in [0.1, 0.15) is 23.7 Å². The van der Waals surface area contributed by atoms with Crippen molar-refractivity contribution in [1.29, 1.82) is 0 Å². The van der Waals surface area contributed by atoms with Gasteiger partial charge in [0, 0.05) is 6.08 Å². The highest BCUT2D eigenvalue weighted by atomic mass is 16.5. The van der Waals surface area contributed by atoms with Crippen molar-refractivity contribution in [1.82, 2.24) is 0 Å². The van der Waals surface area contributed by atoms with Crippen molar-refractivity contribution in [2.45, 2.75) is 6.61 Å². The Morgan fingerprint density at radius 1 is 0.706 bits per heavy atom. The highest BCUT2D eigenvalue weighted by Crippen LogP contribution is 2.18. The minimum atomic E-state index is -0.565. The Balaban J connectivity index is 0.000000192. The van der Waals surface area contributed by atoms with E-state index in [-0.39, 0.29) is 17.3 Å². The van der Waals surface area contributed by atoms with E-state index >= 15 is 0 Å². The summed E-state index contributed by atoms with van der Waals surface area (Å²) in [7, 11) is 0. The molecule has 0 radical (unpaired) electrons. The molecule has 0 aliphatic heterocycles. The molecule has 0 saturated carbocycles. The Hall–Kier alpha value is -4.64. The monoisotopic (exact) mass is 452 g/mol. The van der Waals surface area contributed by atoms with E-state index in [1.54, 1.807) is 42.5 Å². The van der Waals surface area contributed by atoms with Crippen LogP contribution in [0.25, 0.3) is 6.08 Å². The van der Waals surface area contributed by atoms with Gasteiger partial charge in [-0.25, -0.2) is 9.59 Å². The first-order chi connectivity index (χ1) is 16.6. The third-order valence-electron chi connectivity index (χ3n) is 4.51. The Morgan fingerprint density at radius 3 is 1.91 bits per heavy atom. The summed E-state index contributed by atoms with van der Waals surface area (Å²) in [6.07, 6.45) is 3.19. The van der Waals surface area contributed by atoms with Crippen LogP contribution in [-0.4, -0.2) is 17.0 Å². The average Bonchev–Trinajstić information content (AvgIpc) is 2.89. The topological polar surface area (TPSA) is 72.8 Å². The number of phenols is 1. The molecule has 0 saturated heterocycles. The predicted octanol–water partition coefficient (Wildman–Crippen LogP) is 6.05. The summed E-state index contributed by atoms with van der Waals surface area (Å²) in [6.45, 7) is 0.304. The van der Waals surface area contributed by atoms with Crippen molar-refractivity contribution >= 4 is 18.0 Å². The fourth-order valence-electron chi connectivity index (χ4n) is 2.80. The first kappa shape index (κ1) is 24.0. The molecule has 0 unspecified atom stereocenters. The van der Waals surface area contributed by atoms with Gasteiger partial charge in [-0.2, -0.15) is 0 Å². The number of hydrogen-bond donors (Lipinski definition) is 1. The molecule has 5 heteroatoms. The van der Waals surface area contributed by atoms with Crippen molar-refractivity contribution in [3.05, 3.63) is 138 Å². The van der Waals surface area contributed by atoms with E-state index in [0.717, 1.165) is 11.1 Å². The first-order valence-electron chi connectivity index (χ1n) is 10.6. The number of phenolic OH excluding ortho intramolecular Hbond substituents is 1. The smallest absolute Gasteiger partial charge is 0.347 e. The number of aromatic hydroxyl groups is 1. The number of esters is 2. The SMILES string of the molecule is O=C(C=Cc1ccccc1)OCc1ccccc1.O=C(Oc1ccccc1)c1ccccc1O. The number of para-hydroxylation sites is 2. The maximum absolute atomic E-state index is 11.7. The molecule has 0 heterocycles. The number of carbonyl (C=O) groups is 2. The van der Waals surface area contributed by atoms with Crippen LogP contribution < -0.4 is 4.74 Å². The standard InChI is InChI=1S/C16H14O2.C13H10O3/c17-16(12-11-14-7-3-1-4-8-14)18-13-15-9-5-2-6-10-15;14-12-9-5-4-8-11(12)13(15)16-10-6-2-1-3-7-10/h1-12H,13H2;1-9,14H.